The molecule has 0 aliphatic carbocycles. The zero-order chi connectivity index (χ0) is 9.72. The highest BCUT2D eigenvalue weighted by Gasteiger charge is 2.00. The van der Waals surface area contributed by atoms with Gasteiger partial charge in [-0.25, -0.2) is 0 Å². The first kappa shape index (κ1) is 11.6. The summed E-state index contributed by atoms with van der Waals surface area (Å²) in [6.07, 6.45) is 0. The summed E-state index contributed by atoms with van der Waals surface area (Å²) < 4.78 is 0. The number of halogens is 2. The van der Waals surface area contributed by atoms with Crippen LogP contribution in [0, 0.1) is 6.92 Å². The van der Waals surface area contributed by atoms with Crippen molar-refractivity contribution in [3.8, 4) is 0 Å². The zero-order valence-electron chi connectivity index (χ0n) is 7.49. The van der Waals surface area contributed by atoms with E-state index in [1.54, 1.807) is 12.1 Å². The number of nitrogen functional groups attached to an aromatic ring is 1. The average Bonchev–Trinajstić information content (AvgIpc) is 2.04. The molecule has 0 amide bonds. The van der Waals surface area contributed by atoms with Gasteiger partial charge in [-0.3, -0.25) is 0 Å². The lowest BCUT2D eigenvalue weighted by molar-refractivity contribution is 1.47. The third-order valence-corrected chi connectivity index (χ3v) is 1.83. The maximum absolute atomic E-state index is 5.71. The Bertz CT molecular complexity index is 236. The molecule has 0 atom stereocenters. The van der Waals surface area contributed by atoms with Crippen molar-refractivity contribution in [1.82, 2.24) is 0 Å². The first-order valence-electron chi connectivity index (χ1n) is 3.82. The zero-order valence-corrected chi connectivity index (χ0v) is 9.00. The van der Waals surface area contributed by atoms with Crippen LogP contribution < -0.4 is 5.73 Å². The first-order valence-corrected chi connectivity index (χ1v) is 4.58. The highest BCUT2D eigenvalue weighted by Crippen LogP contribution is 2.26. The Balaban J connectivity index is 0.000000561. The van der Waals surface area contributed by atoms with Gasteiger partial charge in [0.05, 0.1) is 10.7 Å². The van der Waals surface area contributed by atoms with E-state index in [4.69, 9.17) is 28.9 Å². The molecule has 1 rings (SSSR count). The number of anilines is 1. The molecule has 68 valence electrons. The average molecular weight is 206 g/mol. The summed E-state index contributed by atoms with van der Waals surface area (Å²) in [6.45, 7) is 5.87. The minimum Gasteiger partial charge on any atom is -0.397 e. The molecule has 1 aromatic carbocycles. The van der Waals surface area contributed by atoms with E-state index in [2.05, 4.69) is 0 Å². The lowest BCUT2D eigenvalue weighted by atomic mass is 10.2. The Morgan fingerprint density at radius 2 is 1.67 bits per heavy atom. The van der Waals surface area contributed by atoms with Gasteiger partial charge >= 0.3 is 0 Å². The molecule has 0 radical (unpaired) electrons. The Hall–Kier alpha value is -0.400. The molecule has 0 saturated heterocycles. The molecule has 0 bridgehead atoms. The summed E-state index contributed by atoms with van der Waals surface area (Å²) in [5.74, 6) is 0. The fraction of sp³-hybridized carbons (Fsp3) is 0.333. The van der Waals surface area contributed by atoms with Crippen molar-refractivity contribution >= 4 is 28.9 Å². The molecule has 0 saturated carbocycles. The smallest absolute Gasteiger partial charge is 0.0652 e. The first-order chi connectivity index (χ1) is 5.61. The SMILES string of the molecule is CC.Cc1cc(Cl)cc(Cl)c1N. The molecule has 12 heavy (non-hydrogen) atoms. The highest BCUT2D eigenvalue weighted by atomic mass is 35.5. The van der Waals surface area contributed by atoms with Crippen LogP contribution in [-0.4, -0.2) is 0 Å². The number of nitrogens with two attached hydrogens (primary N) is 1. The van der Waals surface area contributed by atoms with E-state index in [9.17, 15) is 0 Å². The minimum absolute atomic E-state index is 0.519. The fourth-order valence-electron chi connectivity index (χ4n) is 0.713. The molecule has 0 unspecified atom stereocenters. The van der Waals surface area contributed by atoms with Crippen molar-refractivity contribution in [2.75, 3.05) is 5.73 Å². The summed E-state index contributed by atoms with van der Waals surface area (Å²) in [7, 11) is 0. The van der Waals surface area contributed by atoms with E-state index in [0.29, 0.717) is 15.7 Å². The van der Waals surface area contributed by atoms with E-state index in [1.165, 1.54) is 0 Å². The van der Waals surface area contributed by atoms with Crippen LogP contribution in [-0.2, 0) is 0 Å². The quantitative estimate of drug-likeness (QED) is 0.640. The Morgan fingerprint density at radius 3 is 2.08 bits per heavy atom. The van der Waals surface area contributed by atoms with Crippen molar-refractivity contribution in [3.63, 3.8) is 0 Å². The molecule has 0 heterocycles. The Morgan fingerprint density at radius 1 is 1.17 bits per heavy atom. The third-order valence-electron chi connectivity index (χ3n) is 1.30. The number of hydrogen-bond acceptors (Lipinski definition) is 1. The topological polar surface area (TPSA) is 26.0 Å². The monoisotopic (exact) mass is 205 g/mol. The van der Waals surface area contributed by atoms with Gasteiger partial charge in [0.2, 0.25) is 0 Å². The van der Waals surface area contributed by atoms with E-state index in [0.717, 1.165) is 5.56 Å². The minimum atomic E-state index is 0.519. The van der Waals surface area contributed by atoms with Crippen LogP contribution >= 0.6 is 23.2 Å². The second kappa shape index (κ2) is 5.28. The summed E-state index contributed by atoms with van der Waals surface area (Å²) in [6, 6.07) is 3.41. The van der Waals surface area contributed by atoms with E-state index < -0.39 is 0 Å². The van der Waals surface area contributed by atoms with Crippen molar-refractivity contribution in [1.29, 1.82) is 0 Å². The van der Waals surface area contributed by atoms with Gasteiger partial charge in [0.25, 0.3) is 0 Å². The van der Waals surface area contributed by atoms with E-state index >= 15 is 0 Å². The number of benzene rings is 1. The number of hydrogen-bond donors (Lipinski definition) is 1. The second-order valence-electron chi connectivity index (χ2n) is 2.12. The summed E-state index contributed by atoms with van der Waals surface area (Å²) >= 11 is 11.4. The Kier molecular flexibility index (Phi) is 5.11. The normalized spacial score (nSPS) is 8.75. The van der Waals surface area contributed by atoms with Crippen molar-refractivity contribution in [2.45, 2.75) is 20.8 Å². The van der Waals surface area contributed by atoms with Crippen LogP contribution in [0.5, 0.6) is 0 Å². The number of rotatable bonds is 0. The molecule has 3 heteroatoms. The molecule has 0 aliphatic rings. The molecule has 1 nitrogen and oxygen atoms in total. The fourth-order valence-corrected chi connectivity index (χ4v) is 1.31. The summed E-state index contributed by atoms with van der Waals surface area (Å²) in [5.41, 5.74) is 7.08. The molecular formula is C9H13Cl2N. The second-order valence-corrected chi connectivity index (χ2v) is 2.96. The van der Waals surface area contributed by atoms with Gasteiger partial charge in [0, 0.05) is 5.02 Å². The lowest BCUT2D eigenvalue weighted by Gasteiger charge is -2.01. The van der Waals surface area contributed by atoms with Crippen LogP contribution in [0.2, 0.25) is 10.0 Å². The van der Waals surface area contributed by atoms with Crippen molar-refractivity contribution < 1.29 is 0 Å². The standard InChI is InChI=1S/C7H7Cl2N.C2H6/c1-4-2-5(8)3-6(9)7(4)10;1-2/h2-3H,10H2,1H3;1-2H3. The van der Waals surface area contributed by atoms with E-state index in [1.807, 2.05) is 20.8 Å². The van der Waals surface area contributed by atoms with Gasteiger partial charge in [-0.2, -0.15) is 0 Å². The lowest BCUT2D eigenvalue weighted by Crippen LogP contribution is -1.89. The number of aryl methyl sites for hydroxylation is 1. The van der Waals surface area contributed by atoms with Gasteiger partial charge in [0.15, 0.2) is 0 Å². The van der Waals surface area contributed by atoms with Crippen LogP contribution in [0.1, 0.15) is 19.4 Å². The summed E-state index contributed by atoms with van der Waals surface area (Å²) in [4.78, 5) is 0. The predicted molar refractivity (Wildman–Crippen MR) is 57.0 cm³/mol. The van der Waals surface area contributed by atoms with Crippen LogP contribution in [0.15, 0.2) is 12.1 Å². The maximum atomic E-state index is 5.71. The van der Waals surface area contributed by atoms with Gasteiger partial charge in [0.1, 0.15) is 0 Å². The molecule has 0 aliphatic heterocycles. The Labute approximate surface area is 83.5 Å². The third kappa shape index (κ3) is 2.92. The summed E-state index contributed by atoms with van der Waals surface area (Å²) in [5, 5.41) is 1.14. The molecule has 2 N–H and O–H groups in total. The van der Waals surface area contributed by atoms with Gasteiger partial charge in [-0.15, -0.1) is 0 Å². The van der Waals surface area contributed by atoms with Gasteiger partial charge in [-0.1, -0.05) is 37.0 Å². The molecule has 0 spiro atoms. The van der Waals surface area contributed by atoms with Crippen molar-refractivity contribution in [2.24, 2.45) is 0 Å². The van der Waals surface area contributed by atoms with Gasteiger partial charge < -0.3 is 5.73 Å². The molecule has 1 aromatic rings. The van der Waals surface area contributed by atoms with Crippen LogP contribution in [0.25, 0.3) is 0 Å². The van der Waals surface area contributed by atoms with E-state index in [-0.39, 0.29) is 0 Å². The molecule has 0 fully saturated rings. The molecular weight excluding hydrogens is 193 g/mol. The maximum Gasteiger partial charge on any atom is 0.0652 e. The van der Waals surface area contributed by atoms with Crippen LogP contribution in [0.4, 0.5) is 5.69 Å². The van der Waals surface area contributed by atoms with Crippen molar-refractivity contribution in [3.05, 3.63) is 27.7 Å². The molecule has 0 aromatic heterocycles. The van der Waals surface area contributed by atoms with Crippen LogP contribution in [0.3, 0.4) is 0 Å². The largest absolute Gasteiger partial charge is 0.397 e. The van der Waals surface area contributed by atoms with Gasteiger partial charge in [-0.05, 0) is 24.6 Å². The highest BCUT2D eigenvalue weighted by molar-refractivity contribution is 6.36. The predicted octanol–water partition coefficient (Wildman–Crippen LogP) is 3.91.